The zero-order chi connectivity index (χ0) is 9.90. The topological polar surface area (TPSA) is 18.5 Å². The van der Waals surface area contributed by atoms with Crippen LogP contribution in [-0.2, 0) is 9.47 Å². The first-order valence-electron chi connectivity index (χ1n) is 4.34. The van der Waals surface area contributed by atoms with E-state index in [1.165, 1.54) is 0 Å². The lowest BCUT2D eigenvalue weighted by atomic mass is 9.97. The summed E-state index contributed by atoms with van der Waals surface area (Å²) >= 11 is 0. The van der Waals surface area contributed by atoms with Gasteiger partial charge in [0.15, 0.2) is 11.5 Å². The predicted molar refractivity (Wildman–Crippen MR) is 53.1 cm³/mol. The van der Waals surface area contributed by atoms with Gasteiger partial charge in [0.05, 0.1) is 13.2 Å². The first-order valence-corrected chi connectivity index (χ1v) is 4.34. The Labute approximate surface area is 79.5 Å². The molecule has 0 aromatic heterocycles. The predicted octanol–water partition coefficient (Wildman–Crippen LogP) is 2.64. The largest absolute Gasteiger partial charge is 0.489 e. The Morgan fingerprint density at radius 1 is 1.08 bits per heavy atom. The molecule has 0 N–H and O–H groups in total. The van der Waals surface area contributed by atoms with Gasteiger partial charge >= 0.3 is 0 Å². The first kappa shape index (κ1) is 9.90. The molecule has 2 nitrogen and oxygen atoms in total. The maximum Gasteiger partial charge on any atom is 0.160 e. The Kier molecular flexibility index (Phi) is 2.81. The van der Waals surface area contributed by atoms with Crippen LogP contribution in [0.4, 0.5) is 0 Å². The van der Waals surface area contributed by atoms with Crippen LogP contribution >= 0.6 is 0 Å². The molecular formula is C11H16O2. The highest BCUT2D eigenvalue weighted by atomic mass is 16.5. The maximum atomic E-state index is 5.54. The van der Waals surface area contributed by atoms with Gasteiger partial charge in [0, 0.05) is 5.41 Å². The molecule has 0 aliphatic carbocycles. The Morgan fingerprint density at radius 3 is 1.77 bits per heavy atom. The summed E-state index contributed by atoms with van der Waals surface area (Å²) in [6.45, 7) is 12.8. The van der Waals surface area contributed by atoms with Gasteiger partial charge in [-0.2, -0.15) is 0 Å². The Morgan fingerprint density at radius 2 is 1.46 bits per heavy atom. The highest BCUT2D eigenvalue weighted by molar-refractivity contribution is 5.22. The van der Waals surface area contributed by atoms with E-state index in [2.05, 4.69) is 27.0 Å². The van der Waals surface area contributed by atoms with Crippen LogP contribution in [0.15, 0.2) is 36.8 Å². The quantitative estimate of drug-likeness (QED) is 0.650. The molecule has 2 heteroatoms. The monoisotopic (exact) mass is 180 g/mol. The number of rotatable bonds is 2. The number of hydrogen-bond donors (Lipinski definition) is 0. The molecule has 1 heterocycles. The van der Waals surface area contributed by atoms with E-state index in [9.17, 15) is 0 Å². The summed E-state index contributed by atoms with van der Waals surface area (Å²) in [5.41, 5.74) is 0.0407. The summed E-state index contributed by atoms with van der Waals surface area (Å²) in [5, 5.41) is 0. The maximum absolute atomic E-state index is 5.54. The zero-order valence-electron chi connectivity index (χ0n) is 8.30. The highest BCUT2D eigenvalue weighted by Gasteiger charge is 2.24. The van der Waals surface area contributed by atoms with Gasteiger partial charge in [0.2, 0.25) is 0 Å². The molecule has 0 saturated carbocycles. The van der Waals surface area contributed by atoms with Crippen molar-refractivity contribution in [2.75, 3.05) is 13.2 Å². The fourth-order valence-corrected chi connectivity index (χ4v) is 1.05. The average Bonchev–Trinajstić information content (AvgIpc) is 2.23. The van der Waals surface area contributed by atoms with Crippen molar-refractivity contribution in [3.63, 3.8) is 0 Å². The summed E-state index contributed by atoms with van der Waals surface area (Å²) in [4.78, 5) is 0. The van der Waals surface area contributed by atoms with E-state index in [0.717, 1.165) is 0 Å². The molecule has 0 aromatic rings. The molecule has 72 valence electrons. The van der Waals surface area contributed by atoms with Crippen LogP contribution in [0, 0.1) is 5.41 Å². The van der Waals surface area contributed by atoms with Crippen LogP contribution in [0.2, 0.25) is 0 Å². The van der Waals surface area contributed by atoms with Crippen molar-refractivity contribution in [2.24, 2.45) is 5.41 Å². The third kappa shape index (κ3) is 2.38. The minimum absolute atomic E-state index is 0.0407. The summed E-state index contributed by atoms with van der Waals surface area (Å²) in [5.74, 6) is 1.36. The van der Waals surface area contributed by atoms with Gasteiger partial charge in [0.1, 0.15) is 0 Å². The van der Waals surface area contributed by atoms with Gasteiger partial charge in [-0.05, 0) is 12.2 Å². The molecule has 0 atom stereocenters. The molecule has 0 spiro atoms. The van der Waals surface area contributed by atoms with Crippen molar-refractivity contribution in [2.45, 2.75) is 13.8 Å². The van der Waals surface area contributed by atoms with Gasteiger partial charge in [-0.3, -0.25) is 0 Å². The van der Waals surface area contributed by atoms with E-state index in [1.807, 2.05) is 0 Å². The molecular weight excluding hydrogens is 164 g/mol. The van der Waals surface area contributed by atoms with E-state index >= 15 is 0 Å². The number of ether oxygens (including phenoxy) is 2. The van der Waals surface area contributed by atoms with E-state index in [-0.39, 0.29) is 5.41 Å². The zero-order valence-corrected chi connectivity index (χ0v) is 8.30. The van der Waals surface area contributed by atoms with Gasteiger partial charge in [0.25, 0.3) is 0 Å². The van der Waals surface area contributed by atoms with E-state index in [4.69, 9.17) is 9.47 Å². The van der Waals surface area contributed by atoms with Crippen molar-refractivity contribution in [3.05, 3.63) is 36.8 Å². The summed E-state index contributed by atoms with van der Waals surface area (Å²) < 4.78 is 11.1. The SMILES string of the molecule is C=CC1=C(C=C)OCC(C)(C)CO1. The van der Waals surface area contributed by atoms with Crippen molar-refractivity contribution in [1.29, 1.82) is 0 Å². The molecule has 1 aliphatic rings. The fourth-order valence-electron chi connectivity index (χ4n) is 1.05. The molecule has 0 amide bonds. The molecule has 0 saturated heterocycles. The second kappa shape index (κ2) is 3.69. The minimum Gasteiger partial charge on any atom is -0.489 e. The standard InChI is InChI=1S/C11H16O2/c1-5-9-10(6-2)13-8-11(3,4)7-12-9/h5-6H,1-2,7-8H2,3-4H3. The average molecular weight is 180 g/mol. The lowest BCUT2D eigenvalue weighted by Gasteiger charge is -2.20. The molecule has 0 radical (unpaired) electrons. The summed E-state index contributed by atoms with van der Waals surface area (Å²) in [6.07, 6.45) is 3.30. The van der Waals surface area contributed by atoms with E-state index in [0.29, 0.717) is 24.7 Å². The highest BCUT2D eigenvalue weighted by Crippen LogP contribution is 2.25. The van der Waals surface area contributed by atoms with Crippen LogP contribution in [-0.4, -0.2) is 13.2 Å². The Hall–Kier alpha value is -1.18. The van der Waals surface area contributed by atoms with Crippen molar-refractivity contribution >= 4 is 0 Å². The van der Waals surface area contributed by atoms with Gasteiger partial charge in [-0.15, -0.1) is 0 Å². The summed E-state index contributed by atoms with van der Waals surface area (Å²) in [7, 11) is 0. The van der Waals surface area contributed by atoms with Crippen LogP contribution in [0.3, 0.4) is 0 Å². The van der Waals surface area contributed by atoms with Crippen LogP contribution in [0.1, 0.15) is 13.8 Å². The number of hydrogen-bond acceptors (Lipinski definition) is 2. The second-order valence-corrected chi connectivity index (χ2v) is 3.88. The molecule has 0 unspecified atom stereocenters. The molecule has 1 rings (SSSR count). The second-order valence-electron chi connectivity index (χ2n) is 3.88. The van der Waals surface area contributed by atoms with Crippen LogP contribution < -0.4 is 0 Å². The van der Waals surface area contributed by atoms with Crippen LogP contribution in [0.5, 0.6) is 0 Å². The van der Waals surface area contributed by atoms with E-state index in [1.54, 1.807) is 12.2 Å². The number of allylic oxidation sites excluding steroid dienone is 2. The normalized spacial score (nSPS) is 21.1. The first-order chi connectivity index (χ1) is 6.09. The van der Waals surface area contributed by atoms with Crippen molar-refractivity contribution in [1.82, 2.24) is 0 Å². The molecule has 1 aliphatic heterocycles. The smallest absolute Gasteiger partial charge is 0.160 e. The minimum atomic E-state index is 0.0407. The molecule has 0 aromatic carbocycles. The molecule has 13 heavy (non-hydrogen) atoms. The van der Waals surface area contributed by atoms with Gasteiger partial charge in [-0.1, -0.05) is 27.0 Å². The van der Waals surface area contributed by atoms with Crippen molar-refractivity contribution in [3.8, 4) is 0 Å². The third-order valence-electron chi connectivity index (χ3n) is 1.85. The van der Waals surface area contributed by atoms with E-state index < -0.39 is 0 Å². The molecule has 0 bridgehead atoms. The van der Waals surface area contributed by atoms with Crippen LogP contribution in [0.25, 0.3) is 0 Å². The Bertz CT molecular complexity index is 225. The lowest BCUT2D eigenvalue weighted by Crippen LogP contribution is -2.22. The van der Waals surface area contributed by atoms with Gasteiger partial charge < -0.3 is 9.47 Å². The third-order valence-corrected chi connectivity index (χ3v) is 1.85. The van der Waals surface area contributed by atoms with Crippen molar-refractivity contribution < 1.29 is 9.47 Å². The summed E-state index contributed by atoms with van der Waals surface area (Å²) in [6, 6.07) is 0. The lowest BCUT2D eigenvalue weighted by molar-refractivity contribution is 0.0858. The molecule has 0 fully saturated rings. The van der Waals surface area contributed by atoms with Gasteiger partial charge in [-0.25, -0.2) is 0 Å². The Balaban J connectivity index is 2.83. The fraction of sp³-hybridized carbons (Fsp3) is 0.455.